The molecule has 2 aromatic rings. The minimum absolute atomic E-state index is 0.162. The van der Waals surface area contributed by atoms with Gasteiger partial charge in [-0.3, -0.25) is 4.99 Å². The lowest BCUT2D eigenvalue weighted by molar-refractivity contribution is 0.00715. The van der Waals surface area contributed by atoms with Crippen molar-refractivity contribution in [1.29, 1.82) is 0 Å². The quantitative estimate of drug-likeness (QED) is 0.451. The van der Waals surface area contributed by atoms with Gasteiger partial charge in [-0.15, -0.1) is 11.3 Å². The maximum Gasteiger partial charge on any atom is 0.191 e. The fraction of sp³-hybridized carbons (Fsp3) is 0.571. The van der Waals surface area contributed by atoms with Crippen LogP contribution in [-0.4, -0.2) is 41.9 Å². The number of thiophene rings is 1. The number of hydrogen-bond donors (Lipinski definition) is 4. The molecule has 1 heterocycles. The summed E-state index contributed by atoms with van der Waals surface area (Å²) in [4.78, 5) is 5.65. The molecule has 1 aromatic carbocycles. The molecule has 0 amide bonds. The standard InChI is InChI=1S/C21H31N3O2S/c1-3-22-20(24-14-21(2)11-7-6-10-19(21)26)23-13-16(25)18-12-15-8-4-5-9-17(15)27-18/h4-5,8-9,12,16,19,25-26H,3,6-7,10-11,13-14H2,1-2H3,(H2,22,23,24). The summed E-state index contributed by atoms with van der Waals surface area (Å²) >= 11 is 1.62. The monoisotopic (exact) mass is 389 g/mol. The normalized spacial score (nSPS) is 24.7. The zero-order valence-electron chi connectivity index (χ0n) is 16.2. The largest absolute Gasteiger partial charge is 0.392 e. The number of aliphatic hydroxyl groups excluding tert-OH is 2. The fourth-order valence-corrected chi connectivity index (χ4v) is 4.68. The van der Waals surface area contributed by atoms with E-state index in [4.69, 9.17) is 4.99 Å². The zero-order valence-corrected chi connectivity index (χ0v) is 17.1. The Labute approximate surface area is 165 Å². The third-order valence-corrected chi connectivity index (χ3v) is 6.68. The van der Waals surface area contributed by atoms with Crippen molar-refractivity contribution in [2.75, 3.05) is 19.6 Å². The summed E-state index contributed by atoms with van der Waals surface area (Å²) in [6.07, 6.45) is 3.24. The molecule has 3 rings (SSSR count). The second kappa shape index (κ2) is 9.04. The Balaban J connectivity index is 1.61. The number of nitrogens with one attached hydrogen (secondary N) is 2. The van der Waals surface area contributed by atoms with Crippen molar-refractivity contribution in [3.05, 3.63) is 35.2 Å². The average Bonchev–Trinajstić information content (AvgIpc) is 3.11. The maximum atomic E-state index is 10.6. The number of aliphatic hydroxyl groups is 2. The van der Waals surface area contributed by atoms with Crippen LogP contribution in [0.4, 0.5) is 0 Å². The second-order valence-electron chi connectivity index (χ2n) is 7.69. The third kappa shape index (κ3) is 5.00. The Morgan fingerprint density at radius 2 is 2.15 bits per heavy atom. The number of nitrogens with zero attached hydrogens (tertiary/aromatic N) is 1. The Morgan fingerprint density at radius 3 is 2.89 bits per heavy atom. The predicted octanol–water partition coefficient (Wildman–Crippen LogP) is 3.43. The molecule has 4 N–H and O–H groups in total. The fourth-order valence-electron chi connectivity index (χ4n) is 3.63. The van der Waals surface area contributed by atoms with E-state index in [9.17, 15) is 10.2 Å². The smallest absolute Gasteiger partial charge is 0.191 e. The van der Waals surface area contributed by atoms with Crippen LogP contribution >= 0.6 is 11.3 Å². The van der Waals surface area contributed by atoms with E-state index in [1.165, 1.54) is 4.70 Å². The molecular weight excluding hydrogens is 358 g/mol. The molecule has 1 fully saturated rings. The van der Waals surface area contributed by atoms with Crippen molar-refractivity contribution in [1.82, 2.24) is 10.6 Å². The summed E-state index contributed by atoms with van der Waals surface area (Å²) in [7, 11) is 0. The lowest BCUT2D eigenvalue weighted by atomic mass is 9.73. The van der Waals surface area contributed by atoms with E-state index in [-0.39, 0.29) is 11.5 Å². The highest BCUT2D eigenvalue weighted by Crippen LogP contribution is 2.36. The van der Waals surface area contributed by atoms with Crippen molar-refractivity contribution in [3.8, 4) is 0 Å². The molecule has 5 nitrogen and oxygen atoms in total. The molecule has 0 bridgehead atoms. The summed E-state index contributed by atoms with van der Waals surface area (Å²) in [5, 5.41) is 28.6. The molecule has 0 aliphatic heterocycles. The van der Waals surface area contributed by atoms with Gasteiger partial charge in [0.2, 0.25) is 0 Å². The Bertz CT molecular complexity index is 743. The highest BCUT2D eigenvalue weighted by atomic mass is 32.1. The van der Waals surface area contributed by atoms with Crippen LogP contribution in [0.5, 0.6) is 0 Å². The van der Waals surface area contributed by atoms with Gasteiger partial charge in [0.05, 0.1) is 12.6 Å². The van der Waals surface area contributed by atoms with Gasteiger partial charge in [-0.05, 0) is 37.3 Å². The van der Waals surface area contributed by atoms with E-state index >= 15 is 0 Å². The molecule has 6 heteroatoms. The van der Waals surface area contributed by atoms with Crippen molar-refractivity contribution >= 4 is 27.4 Å². The van der Waals surface area contributed by atoms with E-state index in [0.29, 0.717) is 19.0 Å². The van der Waals surface area contributed by atoms with E-state index in [2.05, 4.69) is 35.8 Å². The number of hydrogen-bond acceptors (Lipinski definition) is 4. The van der Waals surface area contributed by atoms with Gasteiger partial charge in [0.15, 0.2) is 5.96 Å². The van der Waals surface area contributed by atoms with Crippen LogP contribution in [0.3, 0.4) is 0 Å². The first-order valence-corrected chi connectivity index (χ1v) is 10.7. The number of fused-ring (bicyclic) bond motifs is 1. The highest BCUT2D eigenvalue weighted by molar-refractivity contribution is 7.19. The number of aliphatic imine (C=N–C) groups is 1. The van der Waals surface area contributed by atoms with Crippen molar-refractivity contribution in [3.63, 3.8) is 0 Å². The minimum atomic E-state index is -0.581. The van der Waals surface area contributed by atoms with Gasteiger partial charge in [0, 0.05) is 28.1 Å². The van der Waals surface area contributed by atoms with Gasteiger partial charge >= 0.3 is 0 Å². The Morgan fingerprint density at radius 1 is 1.33 bits per heavy atom. The molecule has 27 heavy (non-hydrogen) atoms. The molecule has 148 valence electrons. The maximum absolute atomic E-state index is 10.6. The zero-order chi connectivity index (χ0) is 19.3. The molecule has 1 aromatic heterocycles. The lowest BCUT2D eigenvalue weighted by Crippen LogP contribution is -2.42. The summed E-state index contributed by atoms with van der Waals surface area (Å²) in [5.41, 5.74) is -0.162. The molecule has 0 spiro atoms. The molecule has 3 unspecified atom stereocenters. The van der Waals surface area contributed by atoms with Crippen LogP contribution in [0.1, 0.15) is 50.5 Å². The van der Waals surface area contributed by atoms with Gasteiger partial charge < -0.3 is 20.8 Å². The average molecular weight is 390 g/mol. The number of rotatable bonds is 6. The van der Waals surface area contributed by atoms with Crippen LogP contribution in [-0.2, 0) is 0 Å². The van der Waals surface area contributed by atoms with Crippen LogP contribution in [0.25, 0.3) is 10.1 Å². The minimum Gasteiger partial charge on any atom is -0.392 e. The lowest BCUT2D eigenvalue weighted by Gasteiger charge is -2.37. The Hall–Kier alpha value is -1.63. The summed E-state index contributed by atoms with van der Waals surface area (Å²) in [6, 6.07) is 10.2. The predicted molar refractivity (Wildman–Crippen MR) is 113 cm³/mol. The first-order valence-electron chi connectivity index (χ1n) is 9.88. The van der Waals surface area contributed by atoms with Crippen LogP contribution < -0.4 is 10.6 Å². The molecule has 3 atom stereocenters. The summed E-state index contributed by atoms with van der Waals surface area (Å²) in [6.45, 7) is 5.89. The van der Waals surface area contributed by atoms with Gasteiger partial charge in [0.1, 0.15) is 6.10 Å². The Kier molecular flexibility index (Phi) is 6.73. The SMILES string of the molecule is CCNC(=NCC1(C)CCCCC1O)NCC(O)c1cc2ccccc2s1. The highest BCUT2D eigenvalue weighted by Gasteiger charge is 2.35. The van der Waals surface area contributed by atoms with Crippen LogP contribution in [0.15, 0.2) is 35.3 Å². The first-order chi connectivity index (χ1) is 13.0. The first kappa shape index (κ1) is 20.1. The van der Waals surface area contributed by atoms with Crippen molar-refractivity contribution in [2.24, 2.45) is 10.4 Å². The van der Waals surface area contributed by atoms with E-state index in [1.807, 2.05) is 19.1 Å². The number of benzene rings is 1. The summed E-state index contributed by atoms with van der Waals surface area (Å²) < 4.78 is 1.19. The number of guanidine groups is 1. The van der Waals surface area contributed by atoms with Crippen LogP contribution in [0.2, 0.25) is 0 Å². The molecular formula is C21H31N3O2S. The van der Waals surface area contributed by atoms with Gasteiger partial charge in [-0.2, -0.15) is 0 Å². The van der Waals surface area contributed by atoms with Crippen molar-refractivity contribution < 1.29 is 10.2 Å². The van der Waals surface area contributed by atoms with Gasteiger partial charge in [-0.1, -0.05) is 38.0 Å². The molecule has 1 aliphatic rings. The van der Waals surface area contributed by atoms with E-state index in [0.717, 1.165) is 42.5 Å². The molecule has 1 saturated carbocycles. The molecule has 1 aliphatic carbocycles. The summed E-state index contributed by atoms with van der Waals surface area (Å²) in [5.74, 6) is 0.691. The van der Waals surface area contributed by atoms with Gasteiger partial charge in [0.25, 0.3) is 0 Å². The van der Waals surface area contributed by atoms with E-state index in [1.54, 1.807) is 11.3 Å². The van der Waals surface area contributed by atoms with Gasteiger partial charge in [-0.25, -0.2) is 0 Å². The third-order valence-electron chi connectivity index (χ3n) is 5.46. The van der Waals surface area contributed by atoms with E-state index < -0.39 is 6.10 Å². The molecule has 0 radical (unpaired) electrons. The second-order valence-corrected chi connectivity index (χ2v) is 8.81. The molecule has 0 saturated heterocycles. The topological polar surface area (TPSA) is 76.9 Å². The van der Waals surface area contributed by atoms with Crippen molar-refractivity contribution in [2.45, 2.75) is 51.7 Å². The van der Waals surface area contributed by atoms with Crippen LogP contribution in [0, 0.1) is 5.41 Å².